The topological polar surface area (TPSA) is 157 Å². The summed E-state index contributed by atoms with van der Waals surface area (Å²) in [7, 11) is 0. The van der Waals surface area contributed by atoms with E-state index in [1.807, 2.05) is 0 Å². The predicted molar refractivity (Wildman–Crippen MR) is 147 cm³/mol. The summed E-state index contributed by atoms with van der Waals surface area (Å²) in [6.07, 6.45) is 1.42. The van der Waals surface area contributed by atoms with E-state index >= 15 is 0 Å². The molecule has 4 N–H and O–H groups in total. The minimum Gasteiger partial charge on any atom is -0.356 e. The molecule has 12 nitrogen and oxygen atoms in total. The molecule has 0 radical (unpaired) electrons. The van der Waals surface area contributed by atoms with Gasteiger partial charge < -0.3 is 21.3 Å². The Labute approximate surface area is 231 Å². The number of benzene rings is 2. The molecule has 40 heavy (non-hydrogen) atoms. The number of carbonyl (C=O) groups excluding carboxylic acids is 6. The fourth-order valence-electron chi connectivity index (χ4n) is 4.97. The summed E-state index contributed by atoms with van der Waals surface area (Å²) in [6, 6.07) is 6.22. The van der Waals surface area contributed by atoms with Crippen LogP contribution < -0.4 is 21.3 Å². The highest BCUT2D eigenvalue weighted by atomic mass is 16.2. The van der Waals surface area contributed by atoms with Gasteiger partial charge in [0.25, 0.3) is 23.6 Å². The standard InChI is InChI=1S/C28H34N6O6/c1-17(35)31-11-3-9-29-13-15-33-25(37)19-5-7-21-24-22(8-6-20(23(19)24)26(33)38)28(40)34(27(21)39)16-14-30-10-4-12-32-18(2)36/h5-8,29-30H,3-4,9-16H2,1-2H3,(H,31,35)(H,32,36). The van der Waals surface area contributed by atoms with Gasteiger partial charge in [0.15, 0.2) is 0 Å². The third-order valence-corrected chi connectivity index (χ3v) is 6.90. The third kappa shape index (κ3) is 6.02. The summed E-state index contributed by atoms with van der Waals surface area (Å²) >= 11 is 0. The second kappa shape index (κ2) is 12.8. The molecule has 2 aromatic carbocycles. The molecule has 0 fully saturated rings. The van der Waals surface area contributed by atoms with Crippen molar-refractivity contribution in [2.24, 2.45) is 0 Å². The second-order valence-corrected chi connectivity index (χ2v) is 9.77. The van der Waals surface area contributed by atoms with Crippen LogP contribution >= 0.6 is 0 Å². The van der Waals surface area contributed by atoms with Gasteiger partial charge in [0.2, 0.25) is 11.8 Å². The van der Waals surface area contributed by atoms with Crippen molar-refractivity contribution >= 4 is 46.2 Å². The Morgan fingerprint density at radius 2 is 0.875 bits per heavy atom. The lowest BCUT2D eigenvalue weighted by molar-refractivity contribution is -0.119. The number of nitrogens with one attached hydrogen (secondary N) is 4. The van der Waals surface area contributed by atoms with Crippen LogP contribution in [-0.2, 0) is 9.59 Å². The van der Waals surface area contributed by atoms with Crippen LogP contribution in [0, 0.1) is 0 Å². The minimum atomic E-state index is -0.466. The monoisotopic (exact) mass is 550 g/mol. The van der Waals surface area contributed by atoms with Gasteiger partial charge in [0.05, 0.1) is 0 Å². The van der Waals surface area contributed by atoms with Crippen LogP contribution in [0.1, 0.15) is 68.1 Å². The average molecular weight is 551 g/mol. The maximum absolute atomic E-state index is 13.3. The molecule has 2 heterocycles. The largest absolute Gasteiger partial charge is 0.356 e. The van der Waals surface area contributed by atoms with Crippen molar-refractivity contribution in [1.82, 2.24) is 31.1 Å². The quantitative estimate of drug-likeness (QED) is 0.193. The maximum Gasteiger partial charge on any atom is 0.261 e. The van der Waals surface area contributed by atoms with Crippen molar-refractivity contribution in [1.29, 1.82) is 0 Å². The highest BCUT2D eigenvalue weighted by Crippen LogP contribution is 2.37. The zero-order chi connectivity index (χ0) is 28.8. The van der Waals surface area contributed by atoms with Crippen LogP contribution in [0.25, 0.3) is 10.8 Å². The summed E-state index contributed by atoms with van der Waals surface area (Å²) < 4.78 is 0. The van der Waals surface area contributed by atoms with Crippen LogP contribution in [0.2, 0.25) is 0 Å². The molecule has 0 saturated carbocycles. The van der Waals surface area contributed by atoms with Gasteiger partial charge in [0.1, 0.15) is 0 Å². The maximum atomic E-state index is 13.3. The first kappa shape index (κ1) is 28.8. The first-order chi connectivity index (χ1) is 19.2. The van der Waals surface area contributed by atoms with Crippen LogP contribution in [0.4, 0.5) is 0 Å². The van der Waals surface area contributed by atoms with E-state index < -0.39 is 23.6 Å². The van der Waals surface area contributed by atoms with Crippen molar-refractivity contribution in [2.75, 3.05) is 52.4 Å². The zero-order valence-electron chi connectivity index (χ0n) is 22.7. The lowest BCUT2D eigenvalue weighted by Gasteiger charge is -2.32. The van der Waals surface area contributed by atoms with Gasteiger partial charge in [-0.25, -0.2) is 0 Å². The first-order valence-electron chi connectivity index (χ1n) is 13.4. The third-order valence-electron chi connectivity index (χ3n) is 6.90. The lowest BCUT2D eigenvalue weighted by atomic mass is 9.86. The van der Waals surface area contributed by atoms with E-state index in [1.54, 1.807) is 24.3 Å². The highest BCUT2D eigenvalue weighted by Gasteiger charge is 2.39. The molecule has 212 valence electrons. The Morgan fingerprint density at radius 1 is 0.550 bits per heavy atom. The molecule has 12 heteroatoms. The Bertz CT molecular complexity index is 1200. The molecule has 0 atom stereocenters. The Morgan fingerprint density at radius 3 is 1.18 bits per heavy atom. The van der Waals surface area contributed by atoms with E-state index in [0.29, 0.717) is 62.9 Å². The molecular weight excluding hydrogens is 516 g/mol. The van der Waals surface area contributed by atoms with Gasteiger partial charge >= 0.3 is 0 Å². The van der Waals surface area contributed by atoms with E-state index in [2.05, 4.69) is 21.3 Å². The number of amides is 6. The Kier molecular flexibility index (Phi) is 9.22. The highest BCUT2D eigenvalue weighted by molar-refractivity contribution is 6.33. The van der Waals surface area contributed by atoms with Crippen molar-refractivity contribution in [3.05, 3.63) is 46.5 Å². The Hall–Kier alpha value is -4.16. The van der Waals surface area contributed by atoms with Crippen LogP contribution in [0.15, 0.2) is 24.3 Å². The number of hydrogen-bond donors (Lipinski definition) is 4. The predicted octanol–water partition coefficient (Wildman–Crippen LogP) is 0.263. The second-order valence-electron chi connectivity index (χ2n) is 9.77. The fourth-order valence-corrected chi connectivity index (χ4v) is 4.97. The SMILES string of the molecule is CC(=O)NCCCNCCN1C(=O)c2ccc3c4c(ccc(c24)C1=O)C(=O)N(CCNCCCNC(C)=O)C3=O. The summed E-state index contributed by atoms with van der Waals surface area (Å²) in [5.74, 6) is -2.05. The van der Waals surface area contributed by atoms with Gasteiger partial charge in [-0.05, 0) is 50.2 Å². The number of rotatable bonds is 14. The van der Waals surface area contributed by atoms with Gasteiger partial charge in [-0.3, -0.25) is 38.6 Å². The molecule has 0 aliphatic carbocycles. The zero-order valence-corrected chi connectivity index (χ0v) is 22.7. The molecule has 0 unspecified atom stereocenters. The number of hydrogen-bond acceptors (Lipinski definition) is 8. The van der Waals surface area contributed by atoms with E-state index in [4.69, 9.17) is 0 Å². The first-order valence-corrected chi connectivity index (χ1v) is 13.4. The van der Waals surface area contributed by atoms with Gasteiger partial charge in [0, 0.05) is 86.1 Å². The number of nitrogens with zero attached hydrogens (tertiary/aromatic N) is 2. The van der Waals surface area contributed by atoms with E-state index in [9.17, 15) is 28.8 Å². The number of carbonyl (C=O) groups is 6. The van der Waals surface area contributed by atoms with Crippen LogP contribution in [0.5, 0.6) is 0 Å². The normalized spacial score (nSPS) is 14.2. The summed E-state index contributed by atoms with van der Waals surface area (Å²) in [5.41, 5.74) is 1.15. The molecular formula is C28H34N6O6. The molecule has 2 aliphatic rings. The molecule has 2 aromatic rings. The van der Waals surface area contributed by atoms with Gasteiger partial charge in [-0.2, -0.15) is 0 Å². The van der Waals surface area contributed by atoms with E-state index in [1.165, 1.54) is 23.6 Å². The van der Waals surface area contributed by atoms with Crippen molar-refractivity contribution in [3.8, 4) is 0 Å². The Balaban J connectivity index is 1.43. The lowest BCUT2D eigenvalue weighted by Crippen LogP contribution is -2.46. The smallest absolute Gasteiger partial charge is 0.261 e. The van der Waals surface area contributed by atoms with Gasteiger partial charge in [-0.1, -0.05) is 0 Å². The average Bonchev–Trinajstić information content (AvgIpc) is 2.92. The molecule has 2 aliphatic heterocycles. The molecule has 6 amide bonds. The fraction of sp³-hybridized carbons (Fsp3) is 0.429. The van der Waals surface area contributed by atoms with E-state index in [-0.39, 0.29) is 47.2 Å². The summed E-state index contributed by atoms with van der Waals surface area (Å²) in [5, 5.41) is 12.5. The number of imide groups is 2. The summed E-state index contributed by atoms with van der Waals surface area (Å²) in [6.45, 7) is 6.30. The van der Waals surface area contributed by atoms with Crippen molar-refractivity contribution < 1.29 is 28.8 Å². The van der Waals surface area contributed by atoms with Crippen LogP contribution in [0.3, 0.4) is 0 Å². The molecule has 4 rings (SSSR count). The molecule has 0 spiro atoms. The van der Waals surface area contributed by atoms with Gasteiger partial charge in [-0.15, -0.1) is 0 Å². The minimum absolute atomic E-state index is 0.0944. The van der Waals surface area contributed by atoms with Crippen LogP contribution in [-0.4, -0.2) is 97.6 Å². The molecule has 0 saturated heterocycles. The molecule has 0 bridgehead atoms. The van der Waals surface area contributed by atoms with Crippen molar-refractivity contribution in [2.45, 2.75) is 26.7 Å². The van der Waals surface area contributed by atoms with Crippen molar-refractivity contribution in [3.63, 3.8) is 0 Å². The van der Waals surface area contributed by atoms with E-state index in [0.717, 1.165) is 0 Å². The molecule has 0 aromatic heterocycles. The summed E-state index contributed by atoms with van der Waals surface area (Å²) in [4.78, 5) is 77.5.